The van der Waals surface area contributed by atoms with Crippen LogP contribution in [0.15, 0.2) is 24.3 Å². The smallest absolute Gasteiger partial charge is 0.126 e. The van der Waals surface area contributed by atoms with Gasteiger partial charge in [-0.1, -0.05) is 26.0 Å². The number of aromatic nitrogens is 3. The van der Waals surface area contributed by atoms with Crippen molar-refractivity contribution in [1.29, 1.82) is 0 Å². The molecule has 0 N–H and O–H groups in total. The monoisotopic (exact) mass is 260 g/mol. The third-order valence-electron chi connectivity index (χ3n) is 3.55. The molecule has 0 spiro atoms. The Hall–Kier alpha value is -1.46. The van der Waals surface area contributed by atoms with E-state index in [4.69, 9.17) is 4.74 Å². The Bertz CT molecular complexity index is 512. The molecular formula is C14H20N4O. The van der Waals surface area contributed by atoms with E-state index in [1.807, 2.05) is 29.1 Å². The van der Waals surface area contributed by atoms with E-state index in [-0.39, 0.29) is 6.17 Å². The number of morpholine rings is 1. The van der Waals surface area contributed by atoms with E-state index in [2.05, 4.69) is 28.9 Å². The van der Waals surface area contributed by atoms with Gasteiger partial charge in [0.25, 0.3) is 0 Å². The zero-order valence-electron chi connectivity index (χ0n) is 11.5. The molecular weight excluding hydrogens is 240 g/mol. The molecule has 0 radical (unpaired) electrons. The molecule has 102 valence electrons. The van der Waals surface area contributed by atoms with Gasteiger partial charge in [0.1, 0.15) is 17.2 Å². The number of nitrogens with zero attached hydrogens (tertiary/aromatic N) is 4. The standard InChI is InChI=1S/C14H20N4O/c1-11(2)14(17-7-9-19-10-8-17)18-15-12-5-3-4-6-13(12)16-18/h3-6,11,14H,7-10H2,1-2H3. The number of benzene rings is 1. The van der Waals surface area contributed by atoms with Crippen molar-refractivity contribution in [3.05, 3.63) is 24.3 Å². The summed E-state index contributed by atoms with van der Waals surface area (Å²) in [6, 6.07) is 8.02. The number of rotatable bonds is 3. The van der Waals surface area contributed by atoms with Crippen molar-refractivity contribution < 1.29 is 4.74 Å². The zero-order chi connectivity index (χ0) is 13.2. The molecule has 5 heteroatoms. The van der Waals surface area contributed by atoms with E-state index in [9.17, 15) is 0 Å². The Balaban J connectivity index is 1.94. The highest BCUT2D eigenvalue weighted by atomic mass is 16.5. The van der Waals surface area contributed by atoms with E-state index in [0.29, 0.717) is 5.92 Å². The minimum Gasteiger partial charge on any atom is -0.379 e. The summed E-state index contributed by atoms with van der Waals surface area (Å²) < 4.78 is 5.43. The van der Waals surface area contributed by atoms with Crippen LogP contribution in [0.4, 0.5) is 0 Å². The van der Waals surface area contributed by atoms with E-state index in [1.54, 1.807) is 0 Å². The van der Waals surface area contributed by atoms with Gasteiger partial charge in [0.2, 0.25) is 0 Å². The summed E-state index contributed by atoms with van der Waals surface area (Å²) in [5.74, 6) is 0.458. The van der Waals surface area contributed by atoms with Gasteiger partial charge in [-0.05, 0) is 18.1 Å². The largest absolute Gasteiger partial charge is 0.379 e. The highest BCUT2D eigenvalue weighted by molar-refractivity contribution is 5.72. The minimum absolute atomic E-state index is 0.205. The van der Waals surface area contributed by atoms with Crippen LogP contribution < -0.4 is 0 Å². The maximum Gasteiger partial charge on any atom is 0.126 e. The first kappa shape index (κ1) is 12.6. The molecule has 0 bridgehead atoms. The van der Waals surface area contributed by atoms with Crippen LogP contribution in [0.1, 0.15) is 20.0 Å². The molecule has 0 amide bonds. The van der Waals surface area contributed by atoms with Gasteiger partial charge in [-0.15, -0.1) is 0 Å². The predicted octanol–water partition coefficient (Wildman–Crippen LogP) is 1.92. The van der Waals surface area contributed by atoms with Crippen LogP contribution in [0, 0.1) is 5.92 Å². The van der Waals surface area contributed by atoms with Gasteiger partial charge in [-0.25, -0.2) is 0 Å². The summed E-state index contributed by atoms with van der Waals surface area (Å²) in [6.07, 6.45) is 0.205. The van der Waals surface area contributed by atoms with E-state index in [1.165, 1.54) is 0 Å². The first-order chi connectivity index (χ1) is 9.25. The molecule has 2 aromatic rings. The van der Waals surface area contributed by atoms with Crippen molar-refractivity contribution in [2.75, 3.05) is 26.3 Å². The molecule has 1 fully saturated rings. The molecule has 1 aliphatic heterocycles. The van der Waals surface area contributed by atoms with Crippen LogP contribution in [0.3, 0.4) is 0 Å². The molecule has 1 unspecified atom stereocenters. The van der Waals surface area contributed by atoms with Crippen LogP contribution in [0.2, 0.25) is 0 Å². The fourth-order valence-corrected chi connectivity index (χ4v) is 2.67. The SMILES string of the molecule is CC(C)C(N1CCOCC1)n1nc2ccccc2n1. The number of hydrogen-bond donors (Lipinski definition) is 0. The number of ether oxygens (including phenoxy) is 1. The second-order valence-corrected chi connectivity index (χ2v) is 5.32. The Morgan fingerprint density at radius 1 is 1.05 bits per heavy atom. The maximum atomic E-state index is 5.43. The third-order valence-corrected chi connectivity index (χ3v) is 3.55. The lowest BCUT2D eigenvalue weighted by Crippen LogP contribution is -2.44. The van der Waals surface area contributed by atoms with Gasteiger partial charge in [-0.3, -0.25) is 4.90 Å². The van der Waals surface area contributed by atoms with Gasteiger partial charge in [0.05, 0.1) is 13.2 Å². The molecule has 0 aliphatic carbocycles. The highest BCUT2D eigenvalue weighted by Gasteiger charge is 2.27. The Kier molecular flexibility index (Phi) is 3.48. The number of fused-ring (bicyclic) bond motifs is 1. The molecule has 1 aromatic heterocycles. The molecule has 3 rings (SSSR count). The van der Waals surface area contributed by atoms with Crippen molar-refractivity contribution in [3.63, 3.8) is 0 Å². The van der Waals surface area contributed by atoms with Crippen LogP contribution in [-0.2, 0) is 4.74 Å². The lowest BCUT2D eigenvalue weighted by molar-refractivity contribution is -0.0243. The Labute approximate surface area is 113 Å². The van der Waals surface area contributed by atoms with Crippen LogP contribution in [-0.4, -0.2) is 46.2 Å². The molecule has 1 saturated heterocycles. The second-order valence-electron chi connectivity index (χ2n) is 5.32. The fourth-order valence-electron chi connectivity index (χ4n) is 2.67. The number of hydrogen-bond acceptors (Lipinski definition) is 4. The van der Waals surface area contributed by atoms with Crippen molar-refractivity contribution in [2.45, 2.75) is 20.0 Å². The molecule has 1 atom stereocenters. The first-order valence-electron chi connectivity index (χ1n) is 6.89. The van der Waals surface area contributed by atoms with E-state index < -0.39 is 0 Å². The summed E-state index contributed by atoms with van der Waals surface area (Å²) in [5.41, 5.74) is 1.92. The summed E-state index contributed by atoms with van der Waals surface area (Å²) in [5, 5.41) is 9.27. The molecule has 1 aromatic carbocycles. The lowest BCUT2D eigenvalue weighted by atomic mass is 10.1. The van der Waals surface area contributed by atoms with Gasteiger partial charge in [-0.2, -0.15) is 15.0 Å². The fraction of sp³-hybridized carbons (Fsp3) is 0.571. The van der Waals surface area contributed by atoms with E-state index in [0.717, 1.165) is 37.3 Å². The lowest BCUT2D eigenvalue weighted by Gasteiger charge is -2.35. The molecule has 1 aliphatic rings. The van der Waals surface area contributed by atoms with Crippen molar-refractivity contribution >= 4 is 11.0 Å². The zero-order valence-corrected chi connectivity index (χ0v) is 11.5. The topological polar surface area (TPSA) is 43.2 Å². The summed E-state index contributed by atoms with van der Waals surface area (Å²) in [4.78, 5) is 4.29. The third kappa shape index (κ3) is 2.48. The van der Waals surface area contributed by atoms with Gasteiger partial charge in [0, 0.05) is 13.1 Å². The summed E-state index contributed by atoms with van der Waals surface area (Å²) in [7, 11) is 0. The Morgan fingerprint density at radius 2 is 1.63 bits per heavy atom. The highest BCUT2D eigenvalue weighted by Crippen LogP contribution is 2.23. The minimum atomic E-state index is 0.205. The van der Waals surface area contributed by atoms with Gasteiger partial charge in [0.15, 0.2) is 0 Å². The normalized spacial score (nSPS) is 19.1. The maximum absolute atomic E-state index is 5.43. The summed E-state index contributed by atoms with van der Waals surface area (Å²) in [6.45, 7) is 7.91. The van der Waals surface area contributed by atoms with Crippen molar-refractivity contribution in [3.8, 4) is 0 Å². The quantitative estimate of drug-likeness (QED) is 0.845. The van der Waals surface area contributed by atoms with Crippen molar-refractivity contribution in [2.24, 2.45) is 5.92 Å². The van der Waals surface area contributed by atoms with Gasteiger partial charge >= 0.3 is 0 Å². The first-order valence-corrected chi connectivity index (χ1v) is 6.89. The van der Waals surface area contributed by atoms with Crippen LogP contribution in [0.25, 0.3) is 11.0 Å². The summed E-state index contributed by atoms with van der Waals surface area (Å²) >= 11 is 0. The van der Waals surface area contributed by atoms with Crippen LogP contribution in [0.5, 0.6) is 0 Å². The van der Waals surface area contributed by atoms with E-state index >= 15 is 0 Å². The Morgan fingerprint density at radius 3 is 2.16 bits per heavy atom. The van der Waals surface area contributed by atoms with Crippen molar-refractivity contribution in [1.82, 2.24) is 19.9 Å². The second kappa shape index (κ2) is 5.27. The van der Waals surface area contributed by atoms with Crippen LogP contribution >= 0.6 is 0 Å². The molecule has 0 saturated carbocycles. The molecule has 19 heavy (non-hydrogen) atoms. The molecule has 5 nitrogen and oxygen atoms in total. The molecule has 2 heterocycles. The average molecular weight is 260 g/mol. The average Bonchev–Trinajstić information content (AvgIpc) is 2.82. The van der Waals surface area contributed by atoms with Gasteiger partial charge < -0.3 is 4.74 Å². The predicted molar refractivity (Wildman–Crippen MR) is 73.8 cm³/mol.